The van der Waals surface area contributed by atoms with Gasteiger partial charge in [0.1, 0.15) is 0 Å². The number of hydrogen-bond donors (Lipinski definition) is 1. The minimum absolute atomic E-state index is 0.176. The van der Waals surface area contributed by atoms with E-state index in [0.717, 1.165) is 16.5 Å². The lowest BCUT2D eigenvalue weighted by Gasteiger charge is -2.10. The van der Waals surface area contributed by atoms with E-state index >= 15 is 0 Å². The van der Waals surface area contributed by atoms with Crippen LogP contribution in [-0.4, -0.2) is 5.11 Å². The molecule has 0 saturated carbocycles. The summed E-state index contributed by atoms with van der Waals surface area (Å²) in [5, 5.41) is 9.53. The summed E-state index contributed by atoms with van der Waals surface area (Å²) >= 11 is 3.35. The molecule has 0 aliphatic heterocycles. The first kappa shape index (κ1) is 13.7. The van der Waals surface area contributed by atoms with Crippen LogP contribution in [0, 0.1) is 0 Å². The maximum atomic E-state index is 11.5. The summed E-state index contributed by atoms with van der Waals surface area (Å²) in [6, 6.07) is 7.61. The molecule has 0 spiro atoms. The van der Waals surface area contributed by atoms with Crippen molar-refractivity contribution < 1.29 is 5.11 Å². The normalized spacial score (nSPS) is 12.0. The van der Waals surface area contributed by atoms with Gasteiger partial charge in [0.2, 0.25) is 5.43 Å². The molecule has 98 valence electrons. The van der Waals surface area contributed by atoms with Crippen LogP contribution >= 0.6 is 15.9 Å². The van der Waals surface area contributed by atoms with Gasteiger partial charge in [0.25, 0.3) is 5.43 Å². The first-order valence-corrected chi connectivity index (χ1v) is 6.82. The molecule has 1 N–H and O–H groups in total. The zero-order chi connectivity index (χ0) is 14.0. The number of benzene rings is 1. The third-order valence-corrected chi connectivity index (χ3v) is 3.47. The first-order valence-electron chi connectivity index (χ1n) is 6.03. The summed E-state index contributed by atoms with van der Waals surface area (Å²) in [7, 11) is 0. The Morgan fingerprint density at radius 1 is 1.21 bits per heavy atom. The summed E-state index contributed by atoms with van der Waals surface area (Å²) in [5.41, 5.74) is 0.447. The summed E-state index contributed by atoms with van der Waals surface area (Å²) in [5.74, 6) is -0.401. The number of halogens is 1. The zero-order valence-electron chi connectivity index (χ0n) is 10.4. The predicted molar refractivity (Wildman–Crippen MR) is 79.9 cm³/mol. The maximum Gasteiger partial charge on any atom is 0.268 e. The molecule has 2 aromatic carbocycles. The molecule has 0 amide bonds. The highest BCUT2D eigenvalue weighted by molar-refractivity contribution is 9.10. The molecule has 0 atom stereocenters. The van der Waals surface area contributed by atoms with Crippen LogP contribution in [0.5, 0.6) is 5.75 Å². The molecule has 2 rings (SSSR count). The van der Waals surface area contributed by atoms with E-state index in [4.69, 9.17) is 0 Å². The predicted octanol–water partition coefficient (Wildman–Crippen LogP) is 3.09. The highest BCUT2D eigenvalue weighted by Gasteiger charge is 2.22. The average molecular weight is 321 g/mol. The van der Waals surface area contributed by atoms with Crippen LogP contribution in [0.1, 0.15) is 30.9 Å². The van der Waals surface area contributed by atoms with E-state index in [0.29, 0.717) is 12.0 Å². The van der Waals surface area contributed by atoms with E-state index < -0.39 is 16.6 Å². The van der Waals surface area contributed by atoms with Crippen molar-refractivity contribution >= 4 is 27.6 Å². The smallest absolute Gasteiger partial charge is 0.268 e. The largest absolute Gasteiger partial charge is 0.504 e. The molecule has 0 aromatic heterocycles. The Kier molecular flexibility index (Phi) is 4.00. The molecule has 0 aliphatic carbocycles. The molecule has 0 unspecified atom stereocenters. The zero-order valence-corrected chi connectivity index (χ0v) is 12.0. The van der Waals surface area contributed by atoms with Crippen LogP contribution in [0.15, 0.2) is 38.3 Å². The standard InChI is InChI=1S/C15H13BrO3/c1-2-3-10(12-13(17)15(19)14(12)18)8-9-4-6-11(16)7-5-9/h4-8,17H,2-3H2,1H3/b10-8+. The van der Waals surface area contributed by atoms with Crippen molar-refractivity contribution in [3.8, 4) is 5.75 Å². The maximum absolute atomic E-state index is 11.5. The van der Waals surface area contributed by atoms with Gasteiger partial charge in [-0.25, -0.2) is 0 Å². The molecule has 19 heavy (non-hydrogen) atoms. The summed E-state index contributed by atoms with van der Waals surface area (Å²) < 4.78 is 0.971. The molecule has 0 heterocycles. The van der Waals surface area contributed by atoms with Gasteiger partial charge >= 0.3 is 0 Å². The summed E-state index contributed by atoms with van der Waals surface area (Å²) in [6.07, 6.45) is 3.32. The molecular formula is C15H13BrO3. The van der Waals surface area contributed by atoms with E-state index in [9.17, 15) is 14.7 Å². The number of allylic oxidation sites excluding steroid dienone is 1. The van der Waals surface area contributed by atoms with E-state index in [-0.39, 0.29) is 5.56 Å². The van der Waals surface area contributed by atoms with Crippen LogP contribution < -0.4 is 10.9 Å². The Hall–Kier alpha value is -1.68. The first-order chi connectivity index (χ1) is 9.04. The van der Waals surface area contributed by atoms with E-state index in [2.05, 4.69) is 15.9 Å². The lowest BCUT2D eigenvalue weighted by molar-refractivity contribution is 0.460. The average Bonchev–Trinajstić information content (AvgIpc) is 2.41. The monoisotopic (exact) mass is 320 g/mol. The fraction of sp³-hybridized carbons (Fsp3) is 0.200. The molecule has 3 nitrogen and oxygen atoms in total. The lowest BCUT2D eigenvalue weighted by Crippen LogP contribution is -2.34. The van der Waals surface area contributed by atoms with Crippen molar-refractivity contribution in [2.75, 3.05) is 0 Å². The molecule has 4 heteroatoms. The number of hydrogen-bond acceptors (Lipinski definition) is 3. The van der Waals surface area contributed by atoms with Gasteiger partial charge in [0.15, 0.2) is 5.75 Å². The van der Waals surface area contributed by atoms with E-state index in [1.54, 1.807) is 0 Å². The van der Waals surface area contributed by atoms with Gasteiger partial charge in [-0.05, 0) is 29.7 Å². The third kappa shape index (κ3) is 2.68. The van der Waals surface area contributed by atoms with Crippen LogP contribution in [-0.2, 0) is 0 Å². The summed E-state index contributed by atoms with van der Waals surface area (Å²) in [6.45, 7) is 1.98. The van der Waals surface area contributed by atoms with E-state index in [1.165, 1.54) is 0 Å². The van der Waals surface area contributed by atoms with Gasteiger partial charge < -0.3 is 5.11 Å². The molecule has 0 aliphatic rings. The highest BCUT2D eigenvalue weighted by Crippen LogP contribution is 2.26. The van der Waals surface area contributed by atoms with Crippen LogP contribution in [0.3, 0.4) is 0 Å². The van der Waals surface area contributed by atoms with Crippen molar-refractivity contribution in [2.24, 2.45) is 0 Å². The van der Waals surface area contributed by atoms with Gasteiger partial charge in [-0.15, -0.1) is 0 Å². The van der Waals surface area contributed by atoms with Crippen molar-refractivity contribution in [3.63, 3.8) is 0 Å². The molecular weight excluding hydrogens is 308 g/mol. The van der Waals surface area contributed by atoms with Gasteiger partial charge in [-0.2, -0.15) is 0 Å². The minimum Gasteiger partial charge on any atom is -0.504 e. The SMILES string of the molecule is CCC/C(=C\c1ccc(Br)cc1)c1c(O)c(=O)c1=O. The second-order valence-electron chi connectivity index (χ2n) is 4.35. The Balaban J connectivity index is 2.44. The molecule has 0 fully saturated rings. The third-order valence-electron chi connectivity index (χ3n) is 2.94. The molecule has 0 saturated heterocycles. The summed E-state index contributed by atoms with van der Waals surface area (Å²) in [4.78, 5) is 22.6. The van der Waals surface area contributed by atoms with Crippen LogP contribution in [0.4, 0.5) is 0 Å². The number of rotatable bonds is 4. The van der Waals surface area contributed by atoms with Crippen molar-refractivity contribution in [1.29, 1.82) is 0 Å². The van der Waals surface area contributed by atoms with Crippen LogP contribution in [0.2, 0.25) is 0 Å². The van der Waals surface area contributed by atoms with E-state index in [1.807, 2.05) is 37.3 Å². The topological polar surface area (TPSA) is 54.4 Å². The second kappa shape index (κ2) is 5.53. The Labute approximate surface area is 119 Å². The molecule has 0 radical (unpaired) electrons. The van der Waals surface area contributed by atoms with Crippen molar-refractivity contribution in [2.45, 2.75) is 19.8 Å². The van der Waals surface area contributed by atoms with Gasteiger partial charge in [-0.3, -0.25) is 9.59 Å². The van der Waals surface area contributed by atoms with Gasteiger partial charge in [0, 0.05) is 4.47 Å². The molecule has 2 aromatic rings. The Bertz CT molecular complexity index is 689. The second-order valence-corrected chi connectivity index (χ2v) is 5.27. The Morgan fingerprint density at radius 3 is 2.37 bits per heavy atom. The quantitative estimate of drug-likeness (QED) is 0.881. The van der Waals surface area contributed by atoms with Crippen molar-refractivity contribution in [1.82, 2.24) is 0 Å². The Morgan fingerprint density at radius 2 is 1.84 bits per heavy atom. The van der Waals surface area contributed by atoms with Crippen LogP contribution in [0.25, 0.3) is 11.6 Å². The lowest BCUT2D eigenvalue weighted by atomic mass is 9.94. The van der Waals surface area contributed by atoms with Gasteiger partial charge in [0.05, 0.1) is 5.56 Å². The number of aromatic hydroxyl groups is 1. The fourth-order valence-electron chi connectivity index (χ4n) is 1.98. The minimum atomic E-state index is -0.784. The molecule has 0 bridgehead atoms. The van der Waals surface area contributed by atoms with Gasteiger partial charge in [-0.1, -0.05) is 47.5 Å². The highest BCUT2D eigenvalue weighted by atomic mass is 79.9. The fourth-order valence-corrected chi connectivity index (χ4v) is 2.24. The van der Waals surface area contributed by atoms with Crippen molar-refractivity contribution in [3.05, 3.63) is 60.3 Å².